The van der Waals surface area contributed by atoms with Crippen molar-refractivity contribution in [2.24, 2.45) is 11.8 Å². The molecule has 5 rings (SSSR count). The van der Waals surface area contributed by atoms with E-state index in [0.717, 1.165) is 43.0 Å². The molecule has 3 heterocycles. The van der Waals surface area contributed by atoms with Crippen molar-refractivity contribution < 1.29 is 28.9 Å². The third-order valence-electron chi connectivity index (χ3n) is 7.66. The molecule has 0 unspecified atom stereocenters. The first kappa shape index (κ1) is 24.6. The standard InChI is InChI=1S/C28H34N2O6/c1-4-34-23-11-7-9-19-25-20(28(2,3)36-26(19)23)14-17-15-30(13-12-22(17)35-25)16-24(31)29-21-10-6-5-8-18(21)27(32)33/h5-11,17,20,22,25H,4,12-16H2,1-3H3,(H,29,31)(H,32,33)/t17-,20-,22-,25+/m1/s1. The third-order valence-corrected chi connectivity index (χ3v) is 7.66. The fourth-order valence-electron chi connectivity index (χ4n) is 5.95. The minimum atomic E-state index is -1.06. The highest BCUT2D eigenvalue weighted by atomic mass is 16.5. The predicted molar refractivity (Wildman–Crippen MR) is 135 cm³/mol. The van der Waals surface area contributed by atoms with Gasteiger partial charge in [-0.05, 0) is 57.7 Å². The molecular formula is C28H34N2O6. The van der Waals surface area contributed by atoms with Crippen molar-refractivity contribution in [2.45, 2.75) is 51.4 Å². The lowest BCUT2D eigenvalue weighted by Crippen LogP contribution is -2.55. The molecule has 0 aromatic heterocycles. The van der Waals surface area contributed by atoms with Crippen LogP contribution >= 0.6 is 0 Å². The number of benzene rings is 2. The van der Waals surface area contributed by atoms with Gasteiger partial charge in [0.15, 0.2) is 11.5 Å². The molecule has 4 atom stereocenters. The Bertz CT molecular complexity index is 1150. The summed E-state index contributed by atoms with van der Waals surface area (Å²) in [7, 11) is 0. The van der Waals surface area contributed by atoms with Gasteiger partial charge in [-0.1, -0.05) is 24.3 Å². The van der Waals surface area contributed by atoms with Gasteiger partial charge in [-0.25, -0.2) is 4.79 Å². The number of hydrogen-bond acceptors (Lipinski definition) is 6. The quantitative estimate of drug-likeness (QED) is 0.616. The Morgan fingerprint density at radius 2 is 2.00 bits per heavy atom. The molecule has 8 heteroatoms. The summed E-state index contributed by atoms with van der Waals surface area (Å²) in [6.07, 6.45) is 1.86. The smallest absolute Gasteiger partial charge is 0.337 e. The van der Waals surface area contributed by atoms with Crippen LogP contribution in [0.1, 0.15) is 55.6 Å². The lowest BCUT2D eigenvalue weighted by molar-refractivity contribution is -0.187. The van der Waals surface area contributed by atoms with Crippen LogP contribution in [0.2, 0.25) is 0 Å². The van der Waals surface area contributed by atoms with Crippen LogP contribution in [0.5, 0.6) is 11.5 Å². The van der Waals surface area contributed by atoms with Crippen molar-refractivity contribution in [1.82, 2.24) is 4.90 Å². The average molecular weight is 495 g/mol. The molecule has 0 bridgehead atoms. The molecule has 3 aliphatic heterocycles. The number of amides is 1. The Hall–Kier alpha value is -3.10. The number of carbonyl (C=O) groups is 2. The Morgan fingerprint density at radius 1 is 1.19 bits per heavy atom. The molecule has 2 saturated heterocycles. The minimum Gasteiger partial charge on any atom is -0.490 e. The largest absolute Gasteiger partial charge is 0.490 e. The second kappa shape index (κ2) is 9.75. The summed E-state index contributed by atoms with van der Waals surface area (Å²) in [5.74, 6) is 0.749. The fraction of sp³-hybridized carbons (Fsp3) is 0.500. The number of ether oxygens (including phenoxy) is 3. The molecule has 36 heavy (non-hydrogen) atoms. The van der Waals surface area contributed by atoms with Crippen LogP contribution in [0.15, 0.2) is 42.5 Å². The van der Waals surface area contributed by atoms with Crippen molar-refractivity contribution in [3.8, 4) is 11.5 Å². The average Bonchev–Trinajstić information content (AvgIpc) is 2.84. The van der Waals surface area contributed by atoms with E-state index >= 15 is 0 Å². The van der Waals surface area contributed by atoms with E-state index in [1.165, 1.54) is 6.07 Å². The van der Waals surface area contributed by atoms with E-state index in [2.05, 4.69) is 30.1 Å². The maximum absolute atomic E-state index is 12.8. The van der Waals surface area contributed by atoms with E-state index in [0.29, 0.717) is 18.2 Å². The van der Waals surface area contributed by atoms with Gasteiger partial charge in [0, 0.05) is 24.6 Å². The third kappa shape index (κ3) is 4.67. The lowest BCUT2D eigenvalue weighted by atomic mass is 9.70. The number of nitrogens with zero attached hydrogens (tertiary/aromatic N) is 1. The molecule has 1 amide bonds. The predicted octanol–water partition coefficient (Wildman–Crippen LogP) is 4.36. The SMILES string of the molecule is CCOc1cccc2c1OC(C)(C)[C@@H]1C[C@@H]3CN(CC(=O)Nc4ccccc4C(=O)O)CC[C@H]3O[C@@H]21. The molecule has 192 valence electrons. The van der Waals surface area contributed by atoms with Crippen LogP contribution in [-0.2, 0) is 9.53 Å². The summed E-state index contributed by atoms with van der Waals surface area (Å²) >= 11 is 0. The fourth-order valence-corrected chi connectivity index (χ4v) is 5.95. The molecule has 8 nitrogen and oxygen atoms in total. The zero-order chi connectivity index (χ0) is 25.4. The van der Waals surface area contributed by atoms with Gasteiger partial charge in [0.1, 0.15) is 5.60 Å². The number of hydrogen-bond donors (Lipinski definition) is 2. The number of carboxylic acid groups (broad SMARTS) is 1. The van der Waals surface area contributed by atoms with Crippen LogP contribution in [-0.4, -0.2) is 59.8 Å². The molecule has 2 aromatic rings. The number of aromatic carboxylic acids is 1. The summed E-state index contributed by atoms with van der Waals surface area (Å²) in [6, 6.07) is 12.5. The number of likely N-dealkylation sites (tertiary alicyclic amines) is 1. The Balaban J connectivity index is 1.27. The van der Waals surface area contributed by atoms with Crippen LogP contribution < -0.4 is 14.8 Å². The molecular weight excluding hydrogens is 460 g/mol. The summed E-state index contributed by atoms with van der Waals surface area (Å²) in [4.78, 5) is 26.4. The normalized spacial score (nSPS) is 26.5. The molecule has 0 saturated carbocycles. The maximum Gasteiger partial charge on any atom is 0.337 e. The maximum atomic E-state index is 12.8. The highest BCUT2D eigenvalue weighted by Crippen LogP contribution is 2.55. The summed E-state index contributed by atoms with van der Waals surface area (Å²) < 4.78 is 19.1. The van der Waals surface area contributed by atoms with Gasteiger partial charge < -0.3 is 24.6 Å². The number of carbonyl (C=O) groups excluding carboxylic acids is 1. The Labute approximate surface area is 211 Å². The number of para-hydroxylation sites is 2. The number of rotatable bonds is 6. The summed E-state index contributed by atoms with van der Waals surface area (Å²) in [6.45, 7) is 8.50. The molecule has 0 spiro atoms. The first-order valence-electron chi connectivity index (χ1n) is 12.7. The van der Waals surface area contributed by atoms with E-state index in [1.807, 2.05) is 19.1 Å². The number of anilines is 1. The van der Waals surface area contributed by atoms with E-state index in [9.17, 15) is 14.7 Å². The summed E-state index contributed by atoms with van der Waals surface area (Å²) in [5, 5.41) is 12.1. The van der Waals surface area contributed by atoms with Crippen molar-refractivity contribution in [2.75, 3.05) is 31.6 Å². The van der Waals surface area contributed by atoms with Gasteiger partial charge in [0.25, 0.3) is 0 Å². The molecule has 2 aromatic carbocycles. The van der Waals surface area contributed by atoms with Gasteiger partial charge in [0.2, 0.25) is 5.91 Å². The van der Waals surface area contributed by atoms with E-state index in [1.54, 1.807) is 18.2 Å². The zero-order valence-electron chi connectivity index (χ0n) is 21.0. The van der Waals surface area contributed by atoms with Gasteiger partial charge >= 0.3 is 5.97 Å². The number of carboxylic acids is 1. The van der Waals surface area contributed by atoms with Crippen molar-refractivity contribution >= 4 is 17.6 Å². The first-order valence-corrected chi connectivity index (χ1v) is 12.7. The monoisotopic (exact) mass is 494 g/mol. The van der Waals surface area contributed by atoms with Gasteiger partial charge in [-0.15, -0.1) is 0 Å². The highest BCUT2D eigenvalue weighted by molar-refractivity contribution is 6.01. The molecule has 2 N–H and O–H groups in total. The Morgan fingerprint density at radius 3 is 2.78 bits per heavy atom. The number of nitrogens with one attached hydrogen (secondary N) is 1. The second-order valence-electron chi connectivity index (χ2n) is 10.4. The molecule has 0 aliphatic carbocycles. The lowest BCUT2D eigenvalue weighted by Gasteiger charge is -2.53. The van der Waals surface area contributed by atoms with E-state index < -0.39 is 11.6 Å². The van der Waals surface area contributed by atoms with Crippen LogP contribution in [0.3, 0.4) is 0 Å². The van der Waals surface area contributed by atoms with Crippen LogP contribution in [0, 0.1) is 11.8 Å². The number of fused-ring (bicyclic) bond motifs is 4. The van der Waals surface area contributed by atoms with E-state index in [4.69, 9.17) is 14.2 Å². The van der Waals surface area contributed by atoms with E-state index in [-0.39, 0.29) is 36.1 Å². The zero-order valence-corrected chi connectivity index (χ0v) is 21.0. The van der Waals surface area contributed by atoms with Crippen LogP contribution in [0.25, 0.3) is 0 Å². The molecule has 2 fully saturated rings. The second-order valence-corrected chi connectivity index (χ2v) is 10.4. The minimum absolute atomic E-state index is 0.0484. The van der Waals surface area contributed by atoms with Crippen molar-refractivity contribution in [3.63, 3.8) is 0 Å². The summed E-state index contributed by atoms with van der Waals surface area (Å²) in [5.41, 5.74) is 1.04. The molecule has 0 radical (unpaired) electrons. The van der Waals surface area contributed by atoms with Crippen molar-refractivity contribution in [3.05, 3.63) is 53.6 Å². The van der Waals surface area contributed by atoms with Gasteiger partial charge in [-0.3, -0.25) is 9.69 Å². The topological polar surface area (TPSA) is 97.3 Å². The Kier molecular flexibility index (Phi) is 6.66. The highest BCUT2D eigenvalue weighted by Gasteiger charge is 2.52. The van der Waals surface area contributed by atoms with Crippen LogP contribution in [0.4, 0.5) is 5.69 Å². The number of piperidine rings is 1. The van der Waals surface area contributed by atoms with Gasteiger partial charge in [-0.2, -0.15) is 0 Å². The first-order chi connectivity index (χ1) is 17.3. The van der Waals surface area contributed by atoms with Crippen molar-refractivity contribution in [1.29, 1.82) is 0 Å². The molecule has 3 aliphatic rings. The van der Waals surface area contributed by atoms with Gasteiger partial charge in [0.05, 0.1) is 36.6 Å².